The van der Waals surface area contributed by atoms with E-state index in [9.17, 15) is 9.90 Å². The fourth-order valence-corrected chi connectivity index (χ4v) is 3.28. The molecule has 2 atom stereocenters. The maximum Gasteiger partial charge on any atom is 0.309 e. The van der Waals surface area contributed by atoms with Gasteiger partial charge in [-0.2, -0.15) is 0 Å². The third kappa shape index (κ3) is 8.71. The van der Waals surface area contributed by atoms with Crippen LogP contribution < -0.4 is 0 Å². The van der Waals surface area contributed by atoms with Crippen molar-refractivity contribution < 1.29 is 19.1 Å². The lowest BCUT2D eigenvalue weighted by molar-refractivity contribution is -0.139. The van der Waals surface area contributed by atoms with Crippen molar-refractivity contribution in [1.29, 1.82) is 0 Å². The van der Waals surface area contributed by atoms with Gasteiger partial charge in [-0.3, -0.25) is 4.79 Å². The number of carbonyl (C=O) groups excluding carboxylic acids is 1. The molecule has 0 fully saturated rings. The van der Waals surface area contributed by atoms with Gasteiger partial charge in [0, 0.05) is 6.10 Å². The Morgan fingerprint density at radius 3 is 2.32 bits per heavy atom. The number of aliphatic hydroxyl groups is 1. The number of methoxy groups -OCH3 is 1. The zero-order chi connectivity index (χ0) is 17.4. The van der Waals surface area contributed by atoms with E-state index in [1.165, 1.54) is 7.11 Å². The van der Waals surface area contributed by atoms with Crippen LogP contribution >= 0.6 is 0 Å². The highest BCUT2D eigenvalue weighted by atomic mass is 28.4. The molecule has 0 amide bonds. The molecule has 0 heterocycles. The van der Waals surface area contributed by atoms with E-state index < -0.39 is 8.32 Å². The minimum Gasteiger partial charge on any atom is -0.469 e. The van der Waals surface area contributed by atoms with Gasteiger partial charge in [0.15, 0.2) is 8.32 Å². The van der Waals surface area contributed by atoms with Crippen molar-refractivity contribution in [2.45, 2.75) is 83.7 Å². The van der Waals surface area contributed by atoms with Gasteiger partial charge < -0.3 is 14.3 Å². The SMILES string of the molecule is COC(=O)C/C=C/CC(O)CC[C@@H](C)O[Si](C)(C)C(C)(C)C. The van der Waals surface area contributed by atoms with E-state index in [0.29, 0.717) is 12.8 Å². The van der Waals surface area contributed by atoms with E-state index in [-0.39, 0.29) is 29.6 Å². The molecule has 1 N–H and O–H groups in total. The number of rotatable bonds is 9. The van der Waals surface area contributed by atoms with Crippen LogP contribution in [0, 0.1) is 0 Å². The Hall–Kier alpha value is -0.653. The average Bonchev–Trinajstić information content (AvgIpc) is 2.39. The van der Waals surface area contributed by atoms with Gasteiger partial charge in [-0.1, -0.05) is 32.9 Å². The highest BCUT2D eigenvalue weighted by molar-refractivity contribution is 6.74. The number of carbonyl (C=O) groups is 1. The number of hydrogen-bond acceptors (Lipinski definition) is 4. The van der Waals surface area contributed by atoms with Crippen LogP contribution in [0.15, 0.2) is 12.2 Å². The van der Waals surface area contributed by atoms with Crippen molar-refractivity contribution in [3.8, 4) is 0 Å². The van der Waals surface area contributed by atoms with Crippen LogP contribution in [0.1, 0.15) is 53.4 Å². The highest BCUT2D eigenvalue weighted by Gasteiger charge is 2.38. The Bertz CT molecular complexity index is 358. The van der Waals surface area contributed by atoms with E-state index in [0.717, 1.165) is 6.42 Å². The molecule has 0 aromatic carbocycles. The van der Waals surface area contributed by atoms with Crippen molar-refractivity contribution >= 4 is 14.3 Å². The van der Waals surface area contributed by atoms with Crippen LogP contribution in [0.4, 0.5) is 0 Å². The van der Waals surface area contributed by atoms with Gasteiger partial charge in [-0.25, -0.2) is 0 Å². The molecular weight excluding hydrogens is 296 g/mol. The molecule has 0 radical (unpaired) electrons. The minimum atomic E-state index is -1.74. The number of ether oxygens (including phenoxy) is 1. The van der Waals surface area contributed by atoms with Gasteiger partial charge in [-0.05, 0) is 44.3 Å². The third-order valence-corrected chi connectivity index (χ3v) is 8.90. The van der Waals surface area contributed by atoms with E-state index in [4.69, 9.17) is 4.43 Å². The molecule has 0 bridgehead atoms. The van der Waals surface area contributed by atoms with Crippen molar-refractivity contribution in [1.82, 2.24) is 0 Å². The summed E-state index contributed by atoms with van der Waals surface area (Å²) in [7, 11) is -0.365. The molecule has 130 valence electrons. The second-order valence-electron chi connectivity index (χ2n) is 7.41. The van der Waals surface area contributed by atoms with Crippen LogP contribution in [0.2, 0.25) is 18.1 Å². The third-order valence-electron chi connectivity index (χ3n) is 4.30. The summed E-state index contributed by atoms with van der Waals surface area (Å²) in [5.74, 6) is -0.262. The first-order valence-corrected chi connectivity index (χ1v) is 11.0. The Labute approximate surface area is 137 Å². The molecule has 0 rings (SSSR count). The van der Waals surface area contributed by atoms with Gasteiger partial charge in [-0.15, -0.1) is 0 Å². The largest absolute Gasteiger partial charge is 0.469 e. The lowest BCUT2D eigenvalue weighted by Crippen LogP contribution is -2.43. The molecule has 22 heavy (non-hydrogen) atoms. The van der Waals surface area contributed by atoms with Gasteiger partial charge >= 0.3 is 5.97 Å². The fraction of sp³-hybridized carbons (Fsp3) is 0.824. The van der Waals surface area contributed by atoms with E-state index in [1.54, 1.807) is 6.08 Å². The molecule has 0 aliphatic heterocycles. The second-order valence-corrected chi connectivity index (χ2v) is 12.2. The summed E-state index contributed by atoms with van der Waals surface area (Å²) < 4.78 is 10.8. The van der Waals surface area contributed by atoms with Crippen LogP contribution in [-0.4, -0.2) is 38.7 Å². The van der Waals surface area contributed by atoms with E-state index in [1.807, 2.05) is 6.08 Å². The summed E-state index contributed by atoms with van der Waals surface area (Å²) in [4.78, 5) is 10.9. The molecule has 0 saturated carbocycles. The summed E-state index contributed by atoms with van der Waals surface area (Å²) >= 11 is 0. The smallest absolute Gasteiger partial charge is 0.309 e. The average molecular weight is 331 g/mol. The molecule has 0 aliphatic rings. The summed E-state index contributed by atoms with van der Waals surface area (Å²) in [5, 5.41) is 10.2. The molecule has 0 aromatic rings. The zero-order valence-electron chi connectivity index (χ0n) is 15.3. The maximum atomic E-state index is 10.9. The van der Waals surface area contributed by atoms with Crippen LogP contribution in [0.5, 0.6) is 0 Å². The molecular formula is C17H34O4Si. The molecule has 0 saturated heterocycles. The summed E-state index contributed by atoms with van der Waals surface area (Å²) in [6, 6.07) is 0. The summed E-state index contributed by atoms with van der Waals surface area (Å²) in [5.41, 5.74) is 0. The predicted octanol–water partition coefficient (Wildman–Crippen LogP) is 4.05. The molecule has 0 aliphatic carbocycles. The Balaban J connectivity index is 4.05. The van der Waals surface area contributed by atoms with Crippen LogP contribution in [0.3, 0.4) is 0 Å². The first-order valence-electron chi connectivity index (χ1n) is 8.07. The number of aliphatic hydroxyl groups excluding tert-OH is 1. The van der Waals surface area contributed by atoms with Crippen LogP contribution in [-0.2, 0) is 14.0 Å². The molecule has 0 spiro atoms. The topological polar surface area (TPSA) is 55.8 Å². The normalized spacial score (nSPS) is 15.8. The standard InChI is InChI=1S/C17H34O4Si/c1-14(21-22(6,7)17(2,3)4)12-13-15(18)10-8-9-11-16(19)20-5/h8-9,14-15,18H,10-13H2,1-7H3/b9-8+/t14-,15?/m1/s1. The lowest BCUT2D eigenvalue weighted by Gasteiger charge is -2.38. The van der Waals surface area contributed by atoms with E-state index in [2.05, 4.69) is 45.5 Å². The fourth-order valence-electron chi connectivity index (χ4n) is 1.80. The predicted molar refractivity (Wildman–Crippen MR) is 93.4 cm³/mol. The van der Waals surface area contributed by atoms with Crippen LogP contribution in [0.25, 0.3) is 0 Å². The Morgan fingerprint density at radius 1 is 1.23 bits per heavy atom. The number of hydrogen-bond donors (Lipinski definition) is 1. The van der Waals surface area contributed by atoms with Gasteiger partial charge in [0.25, 0.3) is 0 Å². The second kappa shape index (κ2) is 9.48. The number of esters is 1. The Morgan fingerprint density at radius 2 is 1.82 bits per heavy atom. The lowest BCUT2D eigenvalue weighted by atomic mass is 10.1. The molecule has 5 heteroatoms. The van der Waals surface area contributed by atoms with Crippen molar-refractivity contribution in [2.24, 2.45) is 0 Å². The monoisotopic (exact) mass is 330 g/mol. The molecule has 0 aromatic heterocycles. The zero-order valence-corrected chi connectivity index (χ0v) is 16.3. The van der Waals surface area contributed by atoms with Crippen molar-refractivity contribution in [2.75, 3.05) is 7.11 Å². The summed E-state index contributed by atoms with van der Waals surface area (Å²) in [6.07, 6.45) is 5.72. The van der Waals surface area contributed by atoms with Gasteiger partial charge in [0.1, 0.15) is 0 Å². The molecule has 1 unspecified atom stereocenters. The molecule has 4 nitrogen and oxygen atoms in total. The first-order chi connectivity index (χ1) is 9.99. The quantitative estimate of drug-likeness (QED) is 0.394. The Kier molecular flexibility index (Phi) is 9.20. The summed E-state index contributed by atoms with van der Waals surface area (Å²) in [6.45, 7) is 13.3. The van der Waals surface area contributed by atoms with Gasteiger partial charge in [0.2, 0.25) is 0 Å². The minimum absolute atomic E-state index is 0.162. The van der Waals surface area contributed by atoms with Crippen molar-refractivity contribution in [3.63, 3.8) is 0 Å². The van der Waals surface area contributed by atoms with E-state index >= 15 is 0 Å². The maximum absolute atomic E-state index is 10.9. The highest BCUT2D eigenvalue weighted by Crippen LogP contribution is 2.37. The van der Waals surface area contributed by atoms with Gasteiger partial charge in [0.05, 0.1) is 19.6 Å². The van der Waals surface area contributed by atoms with Crippen molar-refractivity contribution in [3.05, 3.63) is 12.2 Å². The first kappa shape index (κ1) is 21.3.